The molecule has 0 saturated heterocycles. The van der Waals surface area contributed by atoms with Crippen molar-refractivity contribution in [3.05, 3.63) is 35.5 Å². The van der Waals surface area contributed by atoms with Gasteiger partial charge in [0, 0.05) is 24.0 Å². The van der Waals surface area contributed by atoms with Crippen LogP contribution in [0.4, 0.5) is 0 Å². The van der Waals surface area contributed by atoms with Crippen molar-refractivity contribution < 1.29 is 14.4 Å². The Labute approximate surface area is 195 Å². The van der Waals surface area contributed by atoms with Crippen molar-refractivity contribution in [3.8, 4) is 0 Å². The van der Waals surface area contributed by atoms with Gasteiger partial charge < -0.3 is 10.6 Å². The largest absolute Gasteiger partial charge is 0.356 e. The molecule has 1 aromatic carbocycles. The highest BCUT2D eigenvalue weighted by molar-refractivity contribution is 5.96. The fourth-order valence-corrected chi connectivity index (χ4v) is 4.70. The van der Waals surface area contributed by atoms with Crippen LogP contribution < -0.4 is 16.1 Å². The number of hydrogen-bond acceptors (Lipinski definition) is 5. The number of benzene rings is 1. The van der Waals surface area contributed by atoms with E-state index in [0.29, 0.717) is 24.8 Å². The molecule has 0 radical (unpaired) electrons. The highest BCUT2D eigenvalue weighted by Gasteiger charge is 2.45. The summed E-state index contributed by atoms with van der Waals surface area (Å²) in [5.41, 5.74) is 5.24. The average Bonchev–Trinajstić information content (AvgIpc) is 3.56. The zero-order chi connectivity index (χ0) is 23.4. The van der Waals surface area contributed by atoms with Crippen LogP contribution in [0, 0.1) is 6.92 Å². The summed E-state index contributed by atoms with van der Waals surface area (Å²) in [6.07, 6.45) is 8.07. The number of fused-ring (bicyclic) bond motifs is 1. The predicted octanol–water partition coefficient (Wildman–Crippen LogP) is 3.52. The van der Waals surface area contributed by atoms with Gasteiger partial charge in [-0.25, -0.2) is 0 Å². The number of rotatable bonds is 9. The van der Waals surface area contributed by atoms with Gasteiger partial charge in [-0.05, 0) is 44.7 Å². The molecule has 1 aromatic heterocycles. The first-order valence-corrected chi connectivity index (χ1v) is 12.2. The van der Waals surface area contributed by atoms with Crippen LogP contribution in [0.25, 0.3) is 16.6 Å². The van der Waals surface area contributed by atoms with Gasteiger partial charge in [-0.3, -0.25) is 24.6 Å². The average molecular weight is 454 g/mol. The van der Waals surface area contributed by atoms with Gasteiger partial charge in [-0.1, -0.05) is 38.8 Å². The van der Waals surface area contributed by atoms with Crippen molar-refractivity contribution in [1.29, 1.82) is 0 Å². The summed E-state index contributed by atoms with van der Waals surface area (Å²) in [6, 6.07) is 6.62. The maximum atomic E-state index is 13.0. The molecule has 1 fully saturated rings. The van der Waals surface area contributed by atoms with E-state index in [0.717, 1.165) is 47.8 Å². The van der Waals surface area contributed by atoms with Gasteiger partial charge >= 0.3 is 0 Å². The zero-order valence-corrected chi connectivity index (χ0v) is 19.9. The van der Waals surface area contributed by atoms with E-state index in [2.05, 4.69) is 32.9 Å². The van der Waals surface area contributed by atoms with Gasteiger partial charge in [0.25, 0.3) is 5.91 Å². The van der Waals surface area contributed by atoms with Crippen LogP contribution in [-0.4, -0.2) is 40.3 Å². The van der Waals surface area contributed by atoms with E-state index in [4.69, 9.17) is 9.94 Å². The lowest BCUT2D eigenvalue weighted by Gasteiger charge is -2.23. The van der Waals surface area contributed by atoms with Gasteiger partial charge in [-0.2, -0.15) is 5.10 Å². The SMILES string of the molecule is CCCNC(=O)CC1(C(=O)NCCC)C=C(c2ccc3c(C)nn(C4CCCC4)c3c2)NO1. The Bertz CT molecular complexity index is 1050. The monoisotopic (exact) mass is 453 g/mol. The maximum absolute atomic E-state index is 13.0. The molecule has 8 heteroatoms. The number of carbonyl (C=O) groups is 2. The molecule has 1 aliphatic heterocycles. The Hall–Kier alpha value is -2.87. The third-order valence-corrected chi connectivity index (χ3v) is 6.51. The van der Waals surface area contributed by atoms with Crippen LogP contribution in [0.15, 0.2) is 24.3 Å². The van der Waals surface area contributed by atoms with E-state index in [1.54, 1.807) is 6.08 Å². The van der Waals surface area contributed by atoms with Crippen LogP contribution in [0.5, 0.6) is 0 Å². The Kier molecular flexibility index (Phi) is 7.02. The number of carbonyl (C=O) groups excluding carboxylic acids is 2. The Balaban J connectivity index is 1.67. The molecule has 2 aliphatic rings. The fraction of sp³-hybridized carbons (Fsp3) is 0.560. The Morgan fingerprint density at radius 1 is 1.18 bits per heavy atom. The van der Waals surface area contributed by atoms with Gasteiger partial charge in [0.15, 0.2) is 0 Å². The Morgan fingerprint density at radius 2 is 1.91 bits per heavy atom. The minimum Gasteiger partial charge on any atom is -0.356 e. The van der Waals surface area contributed by atoms with Crippen molar-refractivity contribution >= 4 is 28.4 Å². The van der Waals surface area contributed by atoms with Crippen LogP contribution in [0.3, 0.4) is 0 Å². The molecule has 1 atom stereocenters. The lowest BCUT2D eigenvalue weighted by atomic mass is 9.95. The van der Waals surface area contributed by atoms with Gasteiger partial charge in [0.2, 0.25) is 11.5 Å². The van der Waals surface area contributed by atoms with E-state index >= 15 is 0 Å². The van der Waals surface area contributed by atoms with Crippen molar-refractivity contribution in [2.75, 3.05) is 13.1 Å². The van der Waals surface area contributed by atoms with Gasteiger partial charge in [-0.15, -0.1) is 0 Å². The van der Waals surface area contributed by atoms with Crippen LogP contribution in [-0.2, 0) is 14.4 Å². The first-order valence-electron chi connectivity index (χ1n) is 12.2. The first kappa shape index (κ1) is 23.3. The van der Waals surface area contributed by atoms with Crippen molar-refractivity contribution in [1.82, 2.24) is 25.9 Å². The number of hydroxylamine groups is 1. The predicted molar refractivity (Wildman–Crippen MR) is 128 cm³/mol. The highest BCUT2D eigenvalue weighted by atomic mass is 16.7. The topological polar surface area (TPSA) is 97.3 Å². The molecule has 4 rings (SSSR count). The lowest BCUT2D eigenvalue weighted by Crippen LogP contribution is -2.50. The molecule has 1 aliphatic carbocycles. The molecule has 2 heterocycles. The normalized spacial score (nSPS) is 20.6. The van der Waals surface area contributed by atoms with Crippen LogP contribution in [0.2, 0.25) is 0 Å². The first-order chi connectivity index (χ1) is 16.0. The zero-order valence-electron chi connectivity index (χ0n) is 19.9. The summed E-state index contributed by atoms with van der Waals surface area (Å²) in [7, 11) is 0. The summed E-state index contributed by atoms with van der Waals surface area (Å²) in [6.45, 7) is 7.11. The lowest BCUT2D eigenvalue weighted by molar-refractivity contribution is -0.149. The standard InChI is InChI=1S/C25H35N5O3/c1-4-12-26-23(31)16-25(24(32)27-13-5-2)15-21(29-33-25)18-10-11-20-17(3)28-30(22(20)14-18)19-8-6-7-9-19/h10-11,14-15,19,29H,4-9,12-13,16H2,1-3H3,(H,26,31)(H,27,32). The summed E-state index contributed by atoms with van der Waals surface area (Å²) in [5.74, 6) is -0.528. The summed E-state index contributed by atoms with van der Waals surface area (Å²) in [4.78, 5) is 31.4. The van der Waals surface area contributed by atoms with Crippen molar-refractivity contribution in [2.45, 2.75) is 77.4 Å². The van der Waals surface area contributed by atoms with Crippen molar-refractivity contribution in [2.24, 2.45) is 0 Å². The molecule has 2 amide bonds. The molecule has 2 aromatic rings. The minimum atomic E-state index is -1.39. The number of aryl methyl sites for hydroxylation is 1. The number of hydrogen-bond donors (Lipinski definition) is 3. The van der Waals surface area contributed by atoms with Gasteiger partial charge in [0.05, 0.1) is 29.4 Å². The minimum absolute atomic E-state index is 0.0829. The second-order valence-corrected chi connectivity index (χ2v) is 9.13. The summed E-state index contributed by atoms with van der Waals surface area (Å²) >= 11 is 0. The molecule has 1 unspecified atom stereocenters. The molecular weight excluding hydrogens is 418 g/mol. The number of nitrogens with one attached hydrogen (secondary N) is 3. The van der Waals surface area contributed by atoms with E-state index in [1.807, 2.05) is 26.8 Å². The molecule has 1 saturated carbocycles. The highest BCUT2D eigenvalue weighted by Crippen LogP contribution is 2.35. The number of nitrogens with zero attached hydrogens (tertiary/aromatic N) is 2. The van der Waals surface area contributed by atoms with Crippen molar-refractivity contribution in [3.63, 3.8) is 0 Å². The van der Waals surface area contributed by atoms with E-state index in [1.165, 1.54) is 12.8 Å². The molecule has 0 spiro atoms. The summed E-state index contributed by atoms with van der Waals surface area (Å²) < 4.78 is 2.16. The molecule has 0 bridgehead atoms. The van der Waals surface area contributed by atoms with E-state index < -0.39 is 5.60 Å². The Morgan fingerprint density at radius 3 is 2.64 bits per heavy atom. The third-order valence-electron chi connectivity index (χ3n) is 6.51. The second-order valence-electron chi connectivity index (χ2n) is 9.13. The maximum Gasteiger partial charge on any atom is 0.259 e. The fourth-order valence-electron chi connectivity index (χ4n) is 4.70. The van der Waals surface area contributed by atoms with Crippen LogP contribution >= 0.6 is 0 Å². The quantitative estimate of drug-likeness (QED) is 0.540. The number of amides is 2. The molecule has 33 heavy (non-hydrogen) atoms. The molecule has 178 valence electrons. The van der Waals surface area contributed by atoms with E-state index in [-0.39, 0.29) is 18.2 Å². The summed E-state index contributed by atoms with van der Waals surface area (Å²) in [5, 5.41) is 11.7. The third kappa shape index (κ3) is 4.76. The molecule has 3 N–H and O–H groups in total. The van der Waals surface area contributed by atoms with E-state index in [9.17, 15) is 9.59 Å². The van der Waals surface area contributed by atoms with Gasteiger partial charge in [0.1, 0.15) is 0 Å². The van der Waals surface area contributed by atoms with Crippen LogP contribution in [0.1, 0.15) is 76.1 Å². The smallest absolute Gasteiger partial charge is 0.259 e. The number of aromatic nitrogens is 2. The second kappa shape index (κ2) is 9.95. The molecule has 8 nitrogen and oxygen atoms in total. The molecular formula is C25H35N5O3.